The van der Waals surface area contributed by atoms with Crippen LogP contribution in [0, 0.1) is 11.6 Å². The summed E-state index contributed by atoms with van der Waals surface area (Å²) in [6.45, 7) is 4.02. The summed E-state index contributed by atoms with van der Waals surface area (Å²) >= 11 is 0. The molecule has 0 spiro atoms. The lowest BCUT2D eigenvalue weighted by molar-refractivity contribution is 0.140. The Morgan fingerprint density at radius 1 is 0.852 bits per heavy atom. The van der Waals surface area contributed by atoms with E-state index in [0.717, 1.165) is 25.2 Å². The predicted molar refractivity (Wildman–Crippen MR) is 102 cm³/mol. The molecule has 1 saturated heterocycles. The highest BCUT2D eigenvalue weighted by atomic mass is 19.1. The van der Waals surface area contributed by atoms with Gasteiger partial charge in [0.1, 0.15) is 11.6 Å². The molecule has 0 radical (unpaired) electrons. The van der Waals surface area contributed by atoms with Crippen molar-refractivity contribution < 1.29 is 13.6 Å². The van der Waals surface area contributed by atoms with Crippen LogP contribution in [0.1, 0.15) is 11.1 Å². The molecule has 2 amide bonds. The first-order valence-corrected chi connectivity index (χ1v) is 9.35. The van der Waals surface area contributed by atoms with E-state index in [1.807, 2.05) is 12.1 Å². The molecule has 0 aromatic heterocycles. The molecular weight excluding hydrogens is 348 g/mol. The van der Waals surface area contributed by atoms with E-state index in [9.17, 15) is 13.6 Å². The highest BCUT2D eigenvalue weighted by Crippen LogP contribution is 2.10. The van der Waals surface area contributed by atoms with E-state index < -0.39 is 0 Å². The molecule has 1 aliphatic rings. The van der Waals surface area contributed by atoms with E-state index in [2.05, 4.69) is 10.2 Å². The second-order valence-corrected chi connectivity index (χ2v) is 6.74. The maximum Gasteiger partial charge on any atom is 0.317 e. The van der Waals surface area contributed by atoms with Gasteiger partial charge in [-0.15, -0.1) is 0 Å². The standard InChI is InChI=1S/C21H25F2N3O/c22-19-7-3-1-5-17(19)9-11-24-21(27)26-15-13-25(14-16-26)12-10-18-6-2-4-8-20(18)23/h1-8H,9-16H2,(H,24,27). The molecule has 1 aliphatic heterocycles. The zero-order valence-corrected chi connectivity index (χ0v) is 15.3. The molecule has 0 bridgehead atoms. The normalized spacial score (nSPS) is 15.0. The smallest absolute Gasteiger partial charge is 0.317 e. The Morgan fingerprint density at radius 2 is 1.41 bits per heavy atom. The Labute approximate surface area is 158 Å². The van der Waals surface area contributed by atoms with Crippen LogP contribution in [-0.4, -0.2) is 55.1 Å². The Hall–Kier alpha value is -2.47. The van der Waals surface area contributed by atoms with Gasteiger partial charge in [-0.3, -0.25) is 4.90 Å². The summed E-state index contributed by atoms with van der Waals surface area (Å²) in [5.41, 5.74) is 1.33. The fraction of sp³-hybridized carbons (Fsp3) is 0.381. The van der Waals surface area contributed by atoms with Crippen molar-refractivity contribution >= 4 is 6.03 Å². The van der Waals surface area contributed by atoms with E-state index in [-0.39, 0.29) is 17.7 Å². The van der Waals surface area contributed by atoms with Crippen molar-refractivity contribution in [2.75, 3.05) is 39.3 Å². The number of carbonyl (C=O) groups is 1. The van der Waals surface area contributed by atoms with E-state index in [4.69, 9.17) is 0 Å². The number of carbonyl (C=O) groups excluding carboxylic acids is 1. The van der Waals surface area contributed by atoms with Gasteiger partial charge in [-0.25, -0.2) is 13.6 Å². The molecule has 144 valence electrons. The zero-order valence-electron chi connectivity index (χ0n) is 15.3. The summed E-state index contributed by atoms with van der Waals surface area (Å²) in [5, 5.41) is 2.86. The summed E-state index contributed by atoms with van der Waals surface area (Å²) < 4.78 is 27.3. The number of piperazine rings is 1. The maximum absolute atomic E-state index is 13.7. The number of nitrogens with one attached hydrogen (secondary N) is 1. The first-order chi connectivity index (χ1) is 13.1. The molecular formula is C21H25F2N3O. The summed E-state index contributed by atoms with van der Waals surface area (Å²) in [6.07, 6.45) is 1.14. The van der Waals surface area contributed by atoms with Gasteiger partial charge in [0.05, 0.1) is 0 Å². The Bertz CT molecular complexity index is 761. The van der Waals surface area contributed by atoms with Crippen LogP contribution in [0.4, 0.5) is 13.6 Å². The van der Waals surface area contributed by atoms with Crippen molar-refractivity contribution in [2.24, 2.45) is 0 Å². The quantitative estimate of drug-likeness (QED) is 0.845. The molecule has 3 rings (SSSR count). The van der Waals surface area contributed by atoms with E-state index in [1.54, 1.807) is 29.2 Å². The van der Waals surface area contributed by atoms with Gasteiger partial charge in [-0.2, -0.15) is 0 Å². The monoisotopic (exact) mass is 373 g/mol. The number of benzene rings is 2. The lowest BCUT2D eigenvalue weighted by atomic mass is 10.1. The van der Waals surface area contributed by atoms with Crippen LogP contribution in [0.15, 0.2) is 48.5 Å². The van der Waals surface area contributed by atoms with Crippen molar-refractivity contribution in [3.05, 3.63) is 71.3 Å². The molecule has 0 atom stereocenters. The van der Waals surface area contributed by atoms with Gasteiger partial charge in [0.15, 0.2) is 0 Å². The average molecular weight is 373 g/mol. The van der Waals surface area contributed by atoms with Crippen LogP contribution in [0.3, 0.4) is 0 Å². The molecule has 2 aromatic carbocycles. The van der Waals surface area contributed by atoms with Gasteiger partial charge in [-0.05, 0) is 36.1 Å². The molecule has 1 N–H and O–H groups in total. The lowest BCUT2D eigenvalue weighted by Crippen LogP contribution is -2.52. The van der Waals surface area contributed by atoms with Crippen molar-refractivity contribution in [1.29, 1.82) is 0 Å². The number of rotatable bonds is 6. The van der Waals surface area contributed by atoms with Crippen LogP contribution in [0.2, 0.25) is 0 Å². The summed E-state index contributed by atoms with van der Waals surface area (Å²) in [6, 6.07) is 13.3. The average Bonchev–Trinajstić information content (AvgIpc) is 2.69. The van der Waals surface area contributed by atoms with Crippen LogP contribution >= 0.6 is 0 Å². The van der Waals surface area contributed by atoms with Crippen molar-refractivity contribution in [2.45, 2.75) is 12.8 Å². The van der Waals surface area contributed by atoms with Gasteiger partial charge < -0.3 is 10.2 Å². The fourth-order valence-electron chi connectivity index (χ4n) is 3.27. The number of halogens is 2. The second-order valence-electron chi connectivity index (χ2n) is 6.74. The van der Waals surface area contributed by atoms with Crippen LogP contribution in [0.25, 0.3) is 0 Å². The molecule has 0 aliphatic carbocycles. The minimum absolute atomic E-state index is 0.111. The van der Waals surface area contributed by atoms with Crippen molar-refractivity contribution in [3.63, 3.8) is 0 Å². The number of amides is 2. The molecule has 4 nitrogen and oxygen atoms in total. The number of nitrogens with zero attached hydrogens (tertiary/aromatic N) is 2. The maximum atomic E-state index is 13.7. The van der Waals surface area contributed by atoms with Crippen molar-refractivity contribution in [3.8, 4) is 0 Å². The minimum Gasteiger partial charge on any atom is -0.338 e. The molecule has 2 aromatic rings. The summed E-state index contributed by atoms with van der Waals surface area (Å²) in [4.78, 5) is 16.3. The van der Waals surface area contributed by atoms with Gasteiger partial charge in [0.25, 0.3) is 0 Å². The lowest BCUT2D eigenvalue weighted by Gasteiger charge is -2.34. The first kappa shape index (κ1) is 19.3. The molecule has 27 heavy (non-hydrogen) atoms. The Morgan fingerprint density at radius 3 is 2.00 bits per heavy atom. The van der Waals surface area contributed by atoms with E-state index >= 15 is 0 Å². The minimum atomic E-state index is -0.241. The summed E-state index contributed by atoms with van der Waals surface area (Å²) in [7, 11) is 0. The molecule has 1 fully saturated rings. The number of urea groups is 1. The number of hydrogen-bond acceptors (Lipinski definition) is 2. The van der Waals surface area contributed by atoms with Gasteiger partial charge in [0, 0.05) is 39.3 Å². The van der Waals surface area contributed by atoms with Crippen LogP contribution in [0.5, 0.6) is 0 Å². The molecule has 1 heterocycles. The van der Waals surface area contributed by atoms with E-state index in [1.165, 1.54) is 12.1 Å². The highest BCUT2D eigenvalue weighted by molar-refractivity contribution is 5.74. The SMILES string of the molecule is O=C(NCCc1ccccc1F)N1CCN(CCc2ccccc2F)CC1. The first-order valence-electron chi connectivity index (χ1n) is 9.35. The van der Waals surface area contributed by atoms with E-state index in [0.29, 0.717) is 38.0 Å². The van der Waals surface area contributed by atoms with Crippen LogP contribution < -0.4 is 5.32 Å². The second kappa shape index (κ2) is 9.46. The summed E-state index contributed by atoms with van der Waals surface area (Å²) in [5.74, 6) is -0.402. The third kappa shape index (κ3) is 5.50. The van der Waals surface area contributed by atoms with Crippen LogP contribution in [-0.2, 0) is 12.8 Å². The largest absolute Gasteiger partial charge is 0.338 e. The number of hydrogen-bond donors (Lipinski definition) is 1. The molecule has 0 unspecified atom stereocenters. The zero-order chi connectivity index (χ0) is 19.1. The highest BCUT2D eigenvalue weighted by Gasteiger charge is 2.20. The van der Waals surface area contributed by atoms with Gasteiger partial charge >= 0.3 is 6.03 Å². The third-order valence-electron chi connectivity index (χ3n) is 4.94. The third-order valence-corrected chi connectivity index (χ3v) is 4.94. The Balaban J connectivity index is 1.36. The fourth-order valence-corrected chi connectivity index (χ4v) is 3.27. The molecule has 6 heteroatoms. The van der Waals surface area contributed by atoms with Gasteiger partial charge in [0.2, 0.25) is 0 Å². The Kier molecular flexibility index (Phi) is 6.76. The predicted octanol–water partition coefficient (Wildman–Crippen LogP) is 3.08. The van der Waals surface area contributed by atoms with Gasteiger partial charge in [-0.1, -0.05) is 36.4 Å². The topological polar surface area (TPSA) is 35.6 Å². The molecule has 0 saturated carbocycles. The van der Waals surface area contributed by atoms with Crippen molar-refractivity contribution in [1.82, 2.24) is 15.1 Å².